The molecule has 8 heteroatoms. The predicted molar refractivity (Wildman–Crippen MR) is 122 cm³/mol. The summed E-state index contributed by atoms with van der Waals surface area (Å²) in [6.07, 6.45) is 4.69. The number of hydrogen-bond donors (Lipinski definition) is 2. The molecule has 2 amide bonds. The highest BCUT2D eigenvalue weighted by molar-refractivity contribution is 6.30. The van der Waals surface area contributed by atoms with Gasteiger partial charge in [0.25, 0.3) is 5.91 Å². The highest BCUT2D eigenvalue weighted by Crippen LogP contribution is 2.60. The number of aliphatic hydroxyl groups is 1. The number of carbonyl (C=O) groups is 3. The molecule has 4 aliphatic carbocycles. The Morgan fingerprint density at radius 3 is 2.21 bits per heavy atom. The molecule has 33 heavy (non-hydrogen) atoms. The number of β-amino-alcohol motifs (C(OH)–C–C–N with tert-alkyl or cyclic N) is 1. The Morgan fingerprint density at radius 2 is 1.64 bits per heavy atom. The highest BCUT2D eigenvalue weighted by atomic mass is 35.5. The number of nitrogens with one attached hydrogen (secondary N) is 1. The van der Waals surface area contributed by atoms with Gasteiger partial charge in [-0.1, -0.05) is 11.6 Å². The van der Waals surface area contributed by atoms with Gasteiger partial charge < -0.3 is 20.1 Å². The zero-order valence-corrected chi connectivity index (χ0v) is 19.6. The smallest absolute Gasteiger partial charge is 0.329 e. The summed E-state index contributed by atoms with van der Waals surface area (Å²) in [5.74, 6) is 0.712. The van der Waals surface area contributed by atoms with Gasteiger partial charge in [-0.05, 0) is 87.5 Å². The Balaban J connectivity index is 1.25. The van der Waals surface area contributed by atoms with Crippen molar-refractivity contribution in [3.05, 3.63) is 29.3 Å². The van der Waals surface area contributed by atoms with Crippen LogP contribution in [-0.2, 0) is 19.1 Å². The maximum atomic E-state index is 13.8. The fourth-order valence-electron chi connectivity index (χ4n) is 7.02. The molecular weight excluding hydrogens is 444 g/mol. The van der Waals surface area contributed by atoms with E-state index in [1.54, 1.807) is 29.2 Å². The Labute approximate surface area is 198 Å². The van der Waals surface area contributed by atoms with Crippen LogP contribution >= 0.6 is 11.6 Å². The summed E-state index contributed by atoms with van der Waals surface area (Å²) < 4.78 is 5.46. The summed E-state index contributed by atoms with van der Waals surface area (Å²) in [6.45, 7) is 1.64. The van der Waals surface area contributed by atoms with E-state index in [0.29, 0.717) is 28.5 Å². The lowest BCUT2D eigenvalue weighted by Crippen LogP contribution is -2.56. The monoisotopic (exact) mass is 474 g/mol. The number of nitrogens with zero attached hydrogens (tertiary/aromatic N) is 1. The van der Waals surface area contributed by atoms with E-state index >= 15 is 0 Å². The molecule has 6 rings (SSSR count). The van der Waals surface area contributed by atoms with Crippen LogP contribution in [0, 0.1) is 23.2 Å². The van der Waals surface area contributed by atoms with Gasteiger partial charge in [-0.25, -0.2) is 4.79 Å². The number of carbonyl (C=O) groups excluding carboxylic acids is 3. The maximum absolute atomic E-state index is 13.8. The Morgan fingerprint density at radius 1 is 1.06 bits per heavy atom. The molecule has 1 aliphatic heterocycles. The number of benzene rings is 1. The largest absolute Gasteiger partial charge is 0.451 e. The van der Waals surface area contributed by atoms with Crippen LogP contribution in [0.25, 0.3) is 0 Å². The van der Waals surface area contributed by atoms with E-state index in [0.717, 1.165) is 19.3 Å². The van der Waals surface area contributed by atoms with Crippen molar-refractivity contribution >= 4 is 35.1 Å². The van der Waals surface area contributed by atoms with E-state index in [1.165, 1.54) is 26.2 Å². The van der Waals surface area contributed by atoms with Crippen LogP contribution in [-0.4, -0.2) is 52.6 Å². The summed E-state index contributed by atoms with van der Waals surface area (Å²) in [5, 5.41) is 13.6. The topological polar surface area (TPSA) is 95.9 Å². The molecule has 0 aromatic heterocycles. The second-order valence-electron chi connectivity index (χ2n) is 10.6. The van der Waals surface area contributed by atoms with E-state index in [9.17, 15) is 19.5 Å². The van der Waals surface area contributed by atoms with Gasteiger partial charge in [0.1, 0.15) is 6.04 Å². The van der Waals surface area contributed by atoms with Crippen molar-refractivity contribution in [2.45, 2.75) is 70.1 Å². The van der Waals surface area contributed by atoms with Crippen molar-refractivity contribution in [3.63, 3.8) is 0 Å². The molecule has 4 bridgehead atoms. The van der Waals surface area contributed by atoms with Gasteiger partial charge in [-0.2, -0.15) is 0 Å². The second-order valence-corrected chi connectivity index (χ2v) is 11.1. The van der Waals surface area contributed by atoms with Gasteiger partial charge in [-0.3, -0.25) is 9.59 Å². The van der Waals surface area contributed by atoms with Crippen molar-refractivity contribution < 1.29 is 24.2 Å². The number of likely N-dealkylation sites (tertiary alicyclic amines) is 1. The SMILES string of the molecule is CC(OC(=O)C1CC(O)CN1C(=O)C12CC3CC(CC(C3)C1)C2)C(=O)Nc1ccc(Cl)cc1. The van der Waals surface area contributed by atoms with Gasteiger partial charge >= 0.3 is 5.97 Å². The molecule has 178 valence electrons. The van der Waals surface area contributed by atoms with Crippen LogP contribution in [0.15, 0.2) is 24.3 Å². The zero-order valence-electron chi connectivity index (χ0n) is 18.8. The van der Waals surface area contributed by atoms with Crippen LogP contribution in [0.1, 0.15) is 51.9 Å². The molecule has 1 heterocycles. The number of ether oxygens (including phenoxy) is 1. The summed E-state index contributed by atoms with van der Waals surface area (Å²) in [7, 11) is 0. The minimum absolute atomic E-state index is 0.00151. The summed E-state index contributed by atoms with van der Waals surface area (Å²) in [5.41, 5.74) is 0.150. The van der Waals surface area contributed by atoms with Crippen molar-refractivity contribution in [1.82, 2.24) is 4.90 Å². The van der Waals surface area contributed by atoms with Crippen molar-refractivity contribution in [2.24, 2.45) is 23.2 Å². The normalized spacial score (nSPS) is 35.4. The van der Waals surface area contributed by atoms with Crippen LogP contribution in [0.4, 0.5) is 5.69 Å². The quantitative estimate of drug-likeness (QED) is 0.638. The van der Waals surface area contributed by atoms with E-state index in [1.807, 2.05) is 0 Å². The molecule has 3 atom stereocenters. The molecule has 2 N–H and O–H groups in total. The van der Waals surface area contributed by atoms with Crippen molar-refractivity contribution in [3.8, 4) is 0 Å². The molecule has 0 spiro atoms. The fraction of sp³-hybridized carbons (Fsp3) is 0.640. The third-order valence-corrected chi connectivity index (χ3v) is 8.33. The third-order valence-electron chi connectivity index (χ3n) is 8.08. The Bertz CT molecular complexity index is 913. The van der Waals surface area contributed by atoms with Gasteiger partial charge in [0.15, 0.2) is 6.10 Å². The molecule has 1 aromatic rings. The predicted octanol–water partition coefficient (Wildman–Crippen LogP) is 3.39. The maximum Gasteiger partial charge on any atom is 0.329 e. The summed E-state index contributed by atoms with van der Waals surface area (Å²) >= 11 is 5.87. The van der Waals surface area contributed by atoms with Crippen molar-refractivity contribution in [2.75, 3.05) is 11.9 Å². The summed E-state index contributed by atoms with van der Waals surface area (Å²) in [4.78, 5) is 40.8. The lowest BCUT2D eigenvalue weighted by Gasteiger charge is -2.56. The van der Waals surface area contributed by atoms with Gasteiger partial charge in [-0.15, -0.1) is 0 Å². The van der Waals surface area contributed by atoms with E-state index in [2.05, 4.69) is 5.32 Å². The number of rotatable bonds is 5. The first-order valence-electron chi connectivity index (χ1n) is 12.0. The van der Waals surface area contributed by atoms with Crippen LogP contribution in [0.5, 0.6) is 0 Å². The molecule has 4 saturated carbocycles. The number of aliphatic hydroxyl groups excluding tert-OH is 1. The minimum atomic E-state index is -1.04. The number of halogens is 1. The van der Waals surface area contributed by atoms with Crippen molar-refractivity contribution in [1.29, 1.82) is 0 Å². The lowest BCUT2D eigenvalue weighted by atomic mass is 9.49. The first-order valence-corrected chi connectivity index (χ1v) is 12.4. The first-order chi connectivity index (χ1) is 15.7. The van der Waals surface area contributed by atoms with Crippen LogP contribution < -0.4 is 5.32 Å². The van der Waals surface area contributed by atoms with E-state index < -0.39 is 35.5 Å². The number of anilines is 1. The average Bonchev–Trinajstić information content (AvgIpc) is 3.15. The molecule has 1 saturated heterocycles. The van der Waals surface area contributed by atoms with E-state index in [4.69, 9.17) is 16.3 Å². The molecule has 1 aromatic carbocycles. The second kappa shape index (κ2) is 8.58. The Kier molecular flexibility index (Phi) is 5.90. The lowest BCUT2D eigenvalue weighted by molar-refractivity contribution is -0.168. The number of esters is 1. The van der Waals surface area contributed by atoms with Gasteiger partial charge in [0, 0.05) is 23.7 Å². The standard InChI is InChI=1S/C25H31ClN2O5/c1-14(22(30)27-19-4-2-18(26)3-5-19)33-23(31)21-9-20(29)13-28(21)24(32)25-10-15-6-16(11-25)8-17(7-15)12-25/h2-5,14-17,20-21,29H,6-13H2,1H3,(H,27,30). The molecule has 0 radical (unpaired) electrons. The zero-order chi connectivity index (χ0) is 23.3. The molecule has 7 nitrogen and oxygen atoms in total. The third kappa shape index (κ3) is 4.37. The van der Waals surface area contributed by atoms with E-state index in [-0.39, 0.29) is 18.9 Å². The number of hydrogen-bond acceptors (Lipinski definition) is 5. The average molecular weight is 475 g/mol. The van der Waals surface area contributed by atoms with Crippen LogP contribution in [0.3, 0.4) is 0 Å². The number of amides is 2. The fourth-order valence-corrected chi connectivity index (χ4v) is 7.15. The van der Waals surface area contributed by atoms with Gasteiger partial charge in [0.2, 0.25) is 5.91 Å². The van der Waals surface area contributed by atoms with Gasteiger partial charge in [0.05, 0.1) is 11.5 Å². The molecular formula is C25H31ClN2O5. The summed E-state index contributed by atoms with van der Waals surface area (Å²) in [6, 6.07) is 5.78. The molecule has 3 unspecified atom stereocenters. The highest BCUT2D eigenvalue weighted by Gasteiger charge is 2.57. The van der Waals surface area contributed by atoms with Crippen LogP contribution in [0.2, 0.25) is 5.02 Å². The molecule has 5 fully saturated rings. The Hall–Kier alpha value is -2.12. The first kappa shape index (κ1) is 22.7. The minimum Gasteiger partial charge on any atom is -0.451 e. The molecule has 5 aliphatic rings.